The van der Waals surface area contributed by atoms with Crippen molar-refractivity contribution in [2.45, 2.75) is 45.8 Å². The minimum absolute atomic E-state index is 0.0892. The molecule has 2 atom stereocenters. The van der Waals surface area contributed by atoms with Crippen LogP contribution in [0.2, 0.25) is 0 Å². The summed E-state index contributed by atoms with van der Waals surface area (Å²) in [4.78, 5) is 19.0. The molecule has 3 N–H and O–H groups in total. The summed E-state index contributed by atoms with van der Waals surface area (Å²) in [5.41, 5.74) is 0.995. The Labute approximate surface area is 146 Å². The second-order valence-corrected chi connectivity index (χ2v) is 6.66. The largest absolute Gasteiger partial charge is 0.367 e. The summed E-state index contributed by atoms with van der Waals surface area (Å²) in [6.45, 7) is 9.67. The third kappa shape index (κ3) is 4.05. The molecule has 3 heterocycles. The molecule has 0 saturated carbocycles. The molecule has 9 nitrogen and oxygen atoms in total. The molecule has 1 amide bonds. The molecule has 0 radical (unpaired) electrons. The molecule has 3 rings (SSSR count). The Bertz CT molecular complexity index is 724. The Morgan fingerprint density at radius 3 is 2.80 bits per heavy atom. The van der Waals surface area contributed by atoms with Crippen LogP contribution < -0.4 is 5.32 Å². The van der Waals surface area contributed by atoms with Gasteiger partial charge in [0.2, 0.25) is 5.91 Å². The fraction of sp³-hybridized carbons (Fsp3) is 0.625. The van der Waals surface area contributed by atoms with Crippen LogP contribution in [0.5, 0.6) is 0 Å². The van der Waals surface area contributed by atoms with Crippen LogP contribution in [0.1, 0.15) is 50.1 Å². The van der Waals surface area contributed by atoms with Gasteiger partial charge in [-0.15, -0.1) is 0 Å². The third-order valence-electron chi connectivity index (χ3n) is 4.40. The van der Waals surface area contributed by atoms with Gasteiger partial charge in [0, 0.05) is 24.8 Å². The van der Waals surface area contributed by atoms with Gasteiger partial charge in [0.05, 0.1) is 12.6 Å². The molecule has 0 aromatic carbocycles. The first-order valence-corrected chi connectivity index (χ1v) is 8.54. The van der Waals surface area contributed by atoms with E-state index >= 15 is 0 Å². The number of nitrogens with zero attached hydrogens (tertiary/aromatic N) is 4. The molecule has 136 valence electrons. The highest BCUT2D eigenvalue weighted by Crippen LogP contribution is 2.21. The van der Waals surface area contributed by atoms with Crippen LogP contribution in [-0.2, 0) is 9.53 Å². The van der Waals surface area contributed by atoms with Gasteiger partial charge in [0.25, 0.3) is 0 Å². The van der Waals surface area contributed by atoms with Gasteiger partial charge in [-0.05, 0) is 19.8 Å². The number of amides is 1. The van der Waals surface area contributed by atoms with Crippen LogP contribution in [-0.4, -0.2) is 61.9 Å². The van der Waals surface area contributed by atoms with E-state index < -0.39 is 0 Å². The van der Waals surface area contributed by atoms with Gasteiger partial charge in [-0.25, -0.2) is 4.98 Å². The summed E-state index contributed by atoms with van der Waals surface area (Å²) in [5, 5.41) is 16.9. The minimum Gasteiger partial charge on any atom is -0.367 e. The van der Waals surface area contributed by atoms with Crippen LogP contribution in [0, 0.1) is 6.92 Å². The minimum atomic E-state index is -0.300. The molecule has 2 unspecified atom stereocenters. The molecule has 1 aliphatic rings. The van der Waals surface area contributed by atoms with E-state index in [4.69, 9.17) is 4.74 Å². The predicted octanol–water partition coefficient (Wildman–Crippen LogP) is 1.36. The van der Waals surface area contributed by atoms with Crippen molar-refractivity contribution in [3.05, 3.63) is 23.4 Å². The molecule has 9 heteroatoms. The lowest BCUT2D eigenvalue weighted by atomic mass is 10.1. The summed E-state index contributed by atoms with van der Waals surface area (Å²) in [6, 6.07) is 1.57. The molecular formula is C16H25N7O2. The number of nitrogens with one attached hydrogen (secondary N) is 3. The number of aromatic nitrogens is 5. The van der Waals surface area contributed by atoms with Crippen molar-refractivity contribution in [2.24, 2.45) is 0 Å². The number of hydrogen-bond donors (Lipinski definition) is 3. The van der Waals surface area contributed by atoms with Gasteiger partial charge < -0.3 is 10.1 Å². The molecule has 0 spiro atoms. The number of carbonyl (C=O) groups excluding carboxylic acids is 1. The Balaban J connectivity index is 1.60. The summed E-state index contributed by atoms with van der Waals surface area (Å²) >= 11 is 0. The van der Waals surface area contributed by atoms with Crippen molar-refractivity contribution < 1.29 is 9.53 Å². The summed E-state index contributed by atoms with van der Waals surface area (Å²) < 4.78 is 5.75. The normalized spacial score (nSPS) is 20.0. The van der Waals surface area contributed by atoms with Crippen molar-refractivity contribution in [2.75, 3.05) is 25.0 Å². The molecule has 1 fully saturated rings. The number of carbonyl (C=O) groups is 1. The first-order valence-electron chi connectivity index (χ1n) is 8.54. The lowest BCUT2D eigenvalue weighted by Crippen LogP contribution is -2.48. The van der Waals surface area contributed by atoms with Crippen LogP contribution in [0.25, 0.3) is 0 Å². The number of rotatable bonds is 5. The standard InChI is InChI=1S/C16H25N7O2/c1-9(2)12-7-14(21-20-12)18-16(24)10(3)23-5-6-25-13(8-23)15-17-11(4)19-22-15/h7,9-10,13H,5-6,8H2,1-4H3,(H,17,19,22)(H2,18,20,21,24). The fourth-order valence-corrected chi connectivity index (χ4v) is 2.77. The smallest absolute Gasteiger partial charge is 0.242 e. The Hall–Kier alpha value is -2.26. The zero-order valence-electron chi connectivity index (χ0n) is 15.0. The van der Waals surface area contributed by atoms with Gasteiger partial charge in [-0.2, -0.15) is 10.2 Å². The second-order valence-electron chi connectivity index (χ2n) is 6.66. The topological polar surface area (TPSA) is 112 Å². The molecule has 25 heavy (non-hydrogen) atoms. The second kappa shape index (κ2) is 7.32. The van der Waals surface area contributed by atoms with E-state index in [2.05, 4.69) is 49.4 Å². The summed E-state index contributed by atoms with van der Waals surface area (Å²) in [5.74, 6) is 2.17. The summed E-state index contributed by atoms with van der Waals surface area (Å²) in [7, 11) is 0. The molecule has 2 aromatic heterocycles. The lowest BCUT2D eigenvalue weighted by molar-refractivity contribution is -0.124. The number of hydrogen-bond acceptors (Lipinski definition) is 6. The Morgan fingerprint density at radius 2 is 2.16 bits per heavy atom. The highest BCUT2D eigenvalue weighted by atomic mass is 16.5. The third-order valence-corrected chi connectivity index (χ3v) is 4.40. The van der Waals surface area contributed by atoms with Crippen LogP contribution in [0.15, 0.2) is 6.07 Å². The SMILES string of the molecule is Cc1nc(C2CN(C(C)C(=O)Nc3cc(C(C)C)[nH]n3)CCO2)n[nH]1. The van der Waals surface area contributed by atoms with E-state index in [1.54, 1.807) is 0 Å². The molecular weight excluding hydrogens is 322 g/mol. The maximum absolute atomic E-state index is 12.6. The number of anilines is 1. The number of aromatic amines is 2. The van der Waals surface area contributed by atoms with E-state index in [1.807, 2.05) is 19.9 Å². The van der Waals surface area contributed by atoms with E-state index in [0.717, 1.165) is 11.5 Å². The first kappa shape index (κ1) is 17.6. The number of aryl methyl sites for hydroxylation is 1. The predicted molar refractivity (Wildman–Crippen MR) is 92.2 cm³/mol. The van der Waals surface area contributed by atoms with Crippen LogP contribution in [0.3, 0.4) is 0 Å². The van der Waals surface area contributed by atoms with Crippen molar-refractivity contribution in [3.8, 4) is 0 Å². The van der Waals surface area contributed by atoms with Gasteiger partial charge in [0.15, 0.2) is 11.6 Å². The summed E-state index contributed by atoms with van der Waals surface area (Å²) in [6.07, 6.45) is -0.230. The van der Waals surface area contributed by atoms with Gasteiger partial charge in [-0.3, -0.25) is 19.9 Å². The van der Waals surface area contributed by atoms with Crippen LogP contribution >= 0.6 is 0 Å². The molecule has 0 bridgehead atoms. The van der Waals surface area contributed by atoms with E-state index in [0.29, 0.717) is 37.3 Å². The lowest BCUT2D eigenvalue weighted by Gasteiger charge is -2.34. The van der Waals surface area contributed by atoms with Gasteiger partial charge in [-0.1, -0.05) is 13.8 Å². The van der Waals surface area contributed by atoms with Crippen molar-refractivity contribution in [1.29, 1.82) is 0 Å². The molecule has 2 aromatic rings. The van der Waals surface area contributed by atoms with E-state index in [-0.39, 0.29) is 18.1 Å². The molecule has 1 aliphatic heterocycles. The quantitative estimate of drug-likeness (QED) is 0.753. The zero-order chi connectivity index (χ0) is 18.0. The highest BCUT2D eigenvalue weighted by Gasteiger charge is 2.30. The van der Waals surface area contributed by atoms with Crippen LogP contribution in [0.4, 0.5) is 5.82 Å². The number of morpholine rings is 1. The average molecular weight is 347 g/mol. The van der Waals surface area contributed by atoms with Crippen molar-refractivity contribution in [1.82, 2.24) is 30.3 Å². The van der Waals surface area contributed by atoms with Crippen molar-refractivity contribution >= 4 is 11.7 Å². The zero-order valence-corrected chi connectivity index (χ0v) is 15.0. The van der Waals surface area contributed by atoms with E-state index in [1.165, 1.54) is 0 Å². The highest BCUT2D eigenvalue weighted by molar-refractivity contribution is 5.93. The fourth-order valence-electron chi connectivity index (χ4n) is 2.77. The van der Waals surface area contributed by atoms with Gasteiger partial charge >= 0.3 is 0 Å². The first-order chi connectivity index (χ1) is 11.9. The monoisotopic (exact) mass is 347 g/mol. The maximum Gasteiger partial charge on any atom is 0.242 e. The van der Waals surface area contributed by atoms with E-state index in [9.17, 15) is 4.79 Å². The molecule has 1 saturated heterocycles. The number of H-pyrrole nitrogens is 2. The molecule has 0 aliphatic carbocycles. The maximum atomic E-state index is 12.6. The average Bonchev–Trinajstić information content (AvgIpc) is 3.23. The number of ether oxygens (including phenoxy) is 1. The Kier molecular flexibility index (Phi) is 5.14. The Morgan fingerprint density at radius 1 is 1.36 bits per heavy atom. The van der Waals surface area contributed by atoms with Crippen molar-refractivity contribution in [3.63, 3.8) is 0 Å². The van der Waals surface area contributed by atoms with Gasteiger partial charge in [0.1, 0.15) is 11.9 Å².